The van der Waals surface area contributed by atoms with Gasteiger partial charge < -0.3 is 15.8 Å². The van der Waals surface area contributed by atoms with Crippen molar-refractivity contribution < 1.29 is 13.9 Å². The van der Waals surface area contributed by atoms with Crippen LogP contribution in [0.1, 0.15) is 39.2 Å². The molecular formula is C16H25FN2O2. The molecule has 2 unspecified atom stereocenters. The topological polar surface area (TPSA) is 64.3 Å². The zero-order chi connectivity index (χ0) is 15.8. The summed E-state index contributed by atoms with van der Waals surface area (Å²) in [6.45, 7) is 5.83. The number of nitrogens with one attached hydrogen (secondary N) is 1. The summed E-state index contributed by atoms with van der Waals surface area (Å²) < 4.78 is 18.9. The quantitative estimate of drug-likeness (QED) is 0.774. The summed E-state index contributed by atoms with van der Waals surface area (Å²) >= 11 is 0. The van der Waals surface area contributed by atoms with Gasteiger partial charge in [0.1, 0.15) is 11.6 Å². The highest BCUT2D eigenvalue weighted by Gasteiger charge is 2.12. The number of halogens is 1. The summed E-state index contributed by atoms with van der Waals surface area (Å²) in [7, 11) is 0. The molecular weight excluding hydrogens is 271 g/mol. The zero-order valence-electron chi connectivity index (χ0n) is 13.0. The summed E-state index contributed by atoms with van der Waals surface area (Å²) in [5.74, 6) is 0.00345. The molecule has 0 aliphatic carbocycles. The fourth-order valence-corrected chi connectivity index (χ4v) is 1.84. The van der Waals surface area contributed by atoms with Gasteiger partial charge in [-0.2, -0.15) is 0 Å². The van der Waals surface area contributed by atoms with Crippen LogP contribution >= 0.6 is 0 Å². The molecule has 4 nitrogen and oxygen atoms in total. The Morgan fingerprint density at radius 2 is 2.10 bits per heavy atom. The van der Waals surface area contributed by atoms with Gasteiger partial charge in [-0.1, -0.05) is 13.8 Å². The van der Waals surface area contributed by atoms with Crippen molar-refractivity contribution in [3.8, 4) is 5.75 Å². The molecule has 0 bridgehead atoms. The van der Waals surface area contributed by atoms with E-state index in [9.17, 15) is 9.18 Å². The molecule has 1 aromatic carbocycles. The third-order valence-electron chi connectivity index (χ3n) is 3.41. The van der Waals surface area contributed by atoms with Crippen molar-refractivity contribution in [1.29, 1.82) is 0 Å². The number of rotatable bonds is 8. The number of carbonyl (C=O) groups is 1. The van der Waals surface area contributed by atoms with Gasteiger partial charge >= 0.3 is 0 Å². The van der Waals surface area contributed by atoms with E-state index in [0.29, 0.717) is 17.7 Å². The van der Waals surface area contributed by atoms with Crippen molar-refractivity contribution in [3.05, 3.63) is 29.6 Å². The van der Waals surface area contributed by atoms with Crippen molar-refractivity contribution >= 4 is 5.91 Å². The maximum absolute atomic E-state index is 13.3. The first kappa shape index (κ1) is 17.4. The van der Waals surface area contributed by atoms with Crippen LogP contribution in [-0.2, 0) is 11.2 Å². The minimum atomic E-state index is -0.329. The molecule has 1 aromatic rings. The lowest BCUT2D eigenvalue weighted by molar-refractivity contribution is -0.123. The van der Waals surface area contributed by atoms with Crippen molar-refractivity contribution in [2.45, 2.75) is 52.1 Å². The van der Waals surface area contributed by atoms with Crippen LogP contribution in [0, 0.1) is 5.82 Å². The normalized spacial score (nSPS) is 13.6. The second kappa shape index (κ2) is 8.62. The predicted molar refractivity (Wildman–Crippen MR) is 81.8 cm³/mol. The molecule has 1 amide bonds. The summed E-state index contributed by atoms with van der Waals surface area (Å²) in [5, 5.41) is 2.82. The SMILES string of the molecule is CCC(N)Cc1cc(F)ccc1OCC(=O)NC(C)CC. The Morgan fingerprint density at radius 1 is 1.38 bits per heavy atom. The number of hydrogen-bond donors (Lipinski definition) is 2. The first-order valence-electron chi connectivity index (χ1n) is 7.42. The Labute approximate surface area is 125 Å². The van der Waals surface area contributed by atoms with Crippen molar-refractivity contribution in [2.24, 2.45) is 5.73 Å². The molecule has 0 heterocycles. The Morgan fingerprint density at radius 3 is 2.71 bits per heavy atom. The average molecular weight is 296 g/mol. The molecule has 0 spiro atoms. The van der Waals surface area contributed by atoms with Gasteiger partial charge in [0.05, 0.1) is 0 Å². The van der Waals surface area contributed by atoms with Crippen molar-refractivity contribution in [2.75, 3.05) is 6.61 Å². The van der Waals surface area contributed by atoms with Crippen molar-refractivity contribution in [3.63, 3.8) is 0 Å². The van der Waals surface area contributed by atoms with E-state index >= 15 is 0 Å². The second-order valence-electron chi connectivity index (χ2n) is 5.29. The molecule has 0 radical (unpaired) electrons. The molecule has 2 atom stereocenters. The maximum Gasteiger partial charge on any atom is 0.258 e. The first-order valence-corrected chi connectivity index (χ1v) is 7.42. The van der Waals surface area contributed by atoms with Gasteiger partial charge in [0.25, 0.3) is 5.91 Å². The Balaban J connectivity index is 2.67. The molecule has 3 N–H and O–H groups in total. The molecule has 1 rings (SSSR count). The molecule has 0 fully saturated rings. The molecule has 0 saturated heterocycles. The maximum atomic E-state index is 13.3. The first-order chi connectivity index (χ1) is 9.96. The number of nitrogens with two attached hydrogens (primary N) is 1. The third-order valence-corrected chi connectivity index (χ3v) is 3.41. The van der Waals surface area contributed by atoms with Gasteiger partial charge in [0.15, 0.2) is 6.61 Å². The van der Waals surface area contributed by atoms with Crippen LogP contribution in [0.2, 0.25) is 0 Å². The Hall–Kier alpha value is -1.62. The van der Waals surface area contributed by atoms with E-state index < -0.39 is 0 Å². The van der Waals surface area contributed by atoms with E-state index in [1.165, 1.54) is 12.1 Å². The minimum Gasteiger partial charge on any atom is -0.483 e. The zero-order valence-corrected chi connectivity index (χ0v) is 13.0. The molecule has 5 heteroatoms. The molecule has 0 aliphatic rings. The third kappa shape index (κ3) is 6.12. The van der Waals surface area contributed by atoms with Gasteiger partial charge in [0.2, 0.25) is 0 Å². The van der Waals surface area contributed by atoms with Crippen LogP contribution in [0.4, 0.5) is 4.39 Å². The predicted octanol–water partition coefficient (Wildman–Crippen LogP) is 2.40. The summed E-state index contributed by atoms with van der Waals surface area (Å²) in [4.78, 5) is 11.7. The Kier molecular flexibility index (Phi) is 7.15. The summed E-state index contributed by atoms with van der Waals surface area (Å²) in [6.07, 6.45) is 2.18. The summed E-state index contributed by atoms with van der Waals surface area (Å²) in [5.41, 5.74) is 6.60. The summed E-state index contributed by atoms with van der Waals surface area (Å²) in [6, 6.07) is 4.34. The molecule has 118 valence electrons. The van der Waals surface area contributed by atoms with Crippen LogP contribution in [-0.4, -0.2) is 24.6 Å². The van der Waals surface area contributed by atoms with Crippen LogP contribution < -0.4 is 15.8 Å². The van der Waals surface area contributed by atoms with Crippen LogP contribution in [0.3, 0.4) is 0 Å². The molecule has 0 saturated carbocycles. The van der Waals surface area contributed by atoms with Crippen LogP contribution in [0.15, 0.2) is 18.2 Å². The highest BCUT2D eigenvalue weighted by Crippen LogP contribution is 2.21. The number of ether oxygens (including phenoxy) is 1. The fraction of sp³-hybridized carbons (Fsp3) is 0.562. The number of amides is 1. The van der Waals surface area contributed by atoms with Crippen molar-refractivity contribution in [1.82, 2.24) is 5.32 Å². The van der Waals surface area contributed by atoms with E-state index in [1.807, 2.05) is 20.8 Å². The van der Waals surface area contributed by atoms with E-state index in [-0.39, 0.29) is 30.4 Å². The smallest absolute Gasteiger partial charge is 0.258 e. The Bertz CT molecular complexity index is 466. The van der Waals surface area contributed by atoms with E-state index in [1.54, 1.807) is 6.07 Å². The highest BCUT2D eigenvalue weighted by atomic mass is 19.1. The van der Waals surface area contributed by atoms with Gasteiger partial charge in [-0.05, 0) is 49.9 Å². The lowest BCUT2D eigenvalue weighted by Crippen LogP contribution is -2.35. The van der Waals surface area contributed by atoms with E-state index in [2.05, 4.69) is 5.32 Å². The average Bonchev–Trinajstić information content (AvgIpc) is 2.46. The van der Waals surface area contributed by atoms with Crippen LogP contribution in [0.25, 0.3) is 0 Å². The highest BCUT2D eigenvalue weighted by molar-refractivity contribution is 5.77. The van der Waals surface area contributed by atoms with Gasteiger partial charge in [-0.25, -0.2) is 4.39 Å². The lowest BCUT2D eigenvalue weighted by Gasteiger charge is -2.16. The number of benzene rings is 1. The number of carbonyl (C=O) groups excluding carboxylic acids is 1. The standard InChI is InChI=1S/C16H25FN2O2/c1-4-11(3)19-16(20)10-21-15-7-6-13(17)8-12(15)9-14(18)5-2/h6-8,11,14H,4-5,9-10,18H2,1-3H3,(H,19,20). The van der Waals surface area contributed by atoms with Crippen LogP contribution in [0.5, 0.6) is 5.75 Å². The number of hydrogen-bond acceptors (Lipinski definition) is 3. The largest absolute Gasteiger partial charge is 0.483 e. The lowest BCUT2D eigenvalue weighted by atomic mass is 10.0. The fourth-order valence-electron chi connectivity index (χ4n) is 1.84. The molecule has 0 aromatic heterocycles. The van der Waals surface area contributed by atoms with Gasteiger partial charge in [0, 0.05) is 12.1 Å². The molecule has 21 heavy (non-hydrogen) atoms. The van der Waals surface area contributed by atoms with E-state index in [0.717, 1.165) is 12.8 Å². The minimum absolute atomic E-state index is 0.0527. The van der Waals surface area contributed by atoms with Gasteiger partial charge in [-0.15, -0.1) is 0 Å². The monoisotopic (exact) mass is 296 g/mol. The molecule has 0 aliphatic heterocycles. The second-order valence-corrected chi connectivity index (χ2v) is 5.29. The van der Waals surface area contributed by atoms with Gasteiger partial charge in [-0.3, -0.25) is 4.79 Å². The van der Waals surface area contributed by atoms with E-state index in [4.69, 9.17) is 10.5 Å².